The summed E-state index contributed by atoms with van der Waals surface area (Å²) in [6, 6.07) is 28.4. The van der Waals surface area contributed by atoms with Crippen molar-refractivity contribution in [2.24, 2.45) is 5.73 Å². The van der Waals surface area contributed by atoms with Gasteiger partial charge in [0, 0.05) is 42.7 Å². The molecule has 1 aromatic heterocycles. The van der Waals surface area contributed by atoms with E-state index in [0.29, 0.717) is 34.5 Å². The number of hydrogen-bond donors (Lipinski definition) is 1. The Labute approximate surface area is 238 Å². The van der Waals surface area contributed by atoms with Crippen molar-refractivity contribution in [1.29, 1.82) is 0 Å². The molecule has 1 heterocycles. The number of halogens is 1. The Morgan fingerprint density at radius 1 is 0.902 bits per heavy atom. The lowest BCUT2D eigenvalue weighted by Crippen LogP contribution is -2.37. The summed E-state index contributed by atoms with van der Waals surface area (Å²) in [5.74, 6) is -0.716. The van der Waals surface area contributed by atoms with Gasteiger partial charge in [-0.25, -0.2) is 12.8 Å². The molecule has 0 atom stereocenters. The van der Waals surface area contributed by atoms with Gasteiger partial charge < -0.3 is 15.1 Å². The third-order valence-electron chi connectivity index (χ3n) is 6.99. The Hall–Kier alpha value is -4.63. The number of rotatable bonds is 10. The molecule has 0 spiro atoms. The van der Waals surface area contributed by atoms with Gasteiger partial charge in [0.15, 0.2) is 0 Å². The van der Waals surface area contributed by atoms with Crippen LogP contribution in [0.25, 0.3) is 22.1 Å². The number of amides is 1. The Morgan fingerprint density at radius 2 is 1.54 bits per heavy atom. The standard InChI is InChI=1S/C32H30FN3O4S/c1-35(25-11-7-4-8-12-25)17-18-36(41(2,38)39)28-21-29-27(20-26(28)23-9-5-3-6-10-23)31(32(34)37)30(40-29)19-22-13-15-24(33)16-14-22/h3-16,20-21H,17-19H2,1-2H3,(H2,34,37). The van der Waals surface area contributed by atoms with E-state index in [4.69, 9.17) is 10.2 Å². The first-order valence-electron chi connectivity index (χ1n) is 13.0. The Balaban J connectivity index is 1.65. The van der Waals surface area contributed by atoms with Crippen molar-refractivity contribution in [3.05, 3.63) is 120 Å². The molecular weight excluding hydrogens is 541 g/mol. The number of nitrogens with zero attached hydrogens (tertiary/aromatic N) is 2. The smallest absolute Gasteiger partial charge is 0.252 e. The minimum atomic E-state index is -3.73. The van der Waals surface area contributed by atoms with Gasteiger partial charge in [0.05, 0.1) is 24.1 Å². The highest BCUT2D eigenvalue weighted by atomic mass is 32.2. The first-order valence-corrected chi connectivity index (χ1v) is 14.9. The zero-order chi connectivity index (χ0) is 29.1. The van der Waals surface area contributed by atoms with Gasteiger partial charge in [-0.3, -0.25) is 9.10 Å². The molecule has 0 aliphatic carbocycles. The van der Waals surface area contributed by atoms with Crippen molar-refractivity contribution in [3.8, 4) is 11.1 Å². The van der Waals surface area contributed by atoms with Crippen LogP contribution in [-0.2, 0) is 16.4 Å². The average molecular weight is 572 g/mol. The second kappa shape index (κ2) is 11.5. The van der Waals surface area contributed by atoms with Crippen LogP contribution < -0.4 is 14.9 Å². The molecule has 4 aromatic carbocycles. The lowest BCUT2D eigenvalue weighted by molar-refractivity contribution is 0.1000. The SMILES string of the molecule is CN(CCN(c1cc2oc(Cc3ccc(F)cc3)c(C(N)=O)c2cc1-c1ccccc1)S(C)(=O)=O)c1ccccc1. The van der Waals surface area contributed by atoms with E-state index in [2.05, 4.69) is 0 Å². The number of furan rings is 1. The molecule has 0 aliphatic heterocycles. The maximum absolute atomic E-state index is 13.5. The van der Waals surface area contributed by atoms with Gasteiger partial charge in [0.1, 0.15) is 17.2 Å². The van der Waals surface area contributed by atoms with Crippen LogP contribution in [0.3, 0.4) is 0 Å². The minimum absolute atomic E-state index is 0.168. The number of carbonyl (C=O) groups excluding carboxylic acids is 1. The summed E-state index contributed by atoms with van der Waals surface area (Å²) in [7, 11) is -1.82. The van der Waals surface area contributed by atoms with Gasteiger partial charge in [-0.05, 0) is 41.5 Å². The summed E-state index contributed by atoms with van der Waals surface area (Å²) < 4.78 is 47.4. The normalized spacial score (nSPS) is 11.5. The van der Waals surface area contributed by atoms with Gasteiger partial charge in [-0.1, -0.05) is 60.7 Å². The Kier molecular flexibility index (Phi) is 7.81. The first-order chi connectivity index (χ1) is 19.6. The van der Waals surface area contributed by atoms with E-state index in [1.165, 1.54) is 22.7 Å². The molecule has 0 radical (unpaired) electrons. The zero-order valence-corrected chi connectivity index (χ0v) is 23.6. The van der Waals surface area contributed by atoms with Crippen molar-refractivity contribution < 1.29 is 22.0 Å². The summed E-state index contributed by atoms with van der Waals surface area (Å²) in [5, 5.41) is 0.479. The van der Waals surface area contributed by atoms with Crippen molar-refractivity contribution >= 4 is 38.3 Å². The molecule has 7 nitrogen and oxygen atoms in total. The molecule has 9 heteroatoms. The fraction of sp³-hybridized carbons (Fsp3) is 0.156. The lowest BCUT2D eigenvalue weighted by atomic mass is 9.98. The maximum atomic E-state index is 13.5. The Bertz CT molecular complexity index is 1790. The van der Waals surface area contributed by atoms with Gasteiger partial charge in [0.25, 0.3) is 5.91 Å². The van der Waals surface area contributed by atoms with Crippen LogP contribution >= 0.6 is 0 Å². The zero-order valence-electron chi connectivity index (χ0n) is 22.7. The van der Waals surface area contributed by atoms with Crippen molar-refractivity contribution in [1.82, 2.24) is 0 Å². The quantitative estimate of drug-likeness (QED) is 0.228. The van der Waals surface area contributed by atoms with E-state index >= 15 is 0 Å². The highest BCUT2D eigenvalue weighted by Gasteiger charge is 2.26. The molecule has 0 unspecified atom stereocenters. The van der Waals surface area contributed by atoms with Crippen LogP contribution in [0.5, 0.6) is 0 Å². The highest BCUT2D eigenvalue weighted by Crippen LogP contribution is 2.39. The van der Waals surface area contributed by atoms with Gasteiger partial charge in [-0.2, -0.15) is 0 Å². The topological polar surface area (TPSA) is 96.8 Å². The van der Waals surface area contributed by atoms with Crippen molar-refractivity contribution in [3.63, 3.8) is 0 Å². The summed E-state index contributed by atoms with van der Waals surface area (Å²) in [6.45, 7) is 0.589. The number of sulfonamides is 1. The molecule has 1 amide bonds. The maximum Gasteiger partial charge on any atom is 0.252 e. The molecule has 210 valence electrons. The van der Waals surface area contributed by atoms with Crippen LogP contribution in [0.4, 0.5) is 15.8 Å². The average Bonchev–Trinajstić information content (AvgIpc) is 3.31. The molecule has 0 saturated heterocycles. The molecule has 5 rings (SSSR count). The van der Waals surface area contributed by atoms with E-state index in [0.717, 1.165) is 16.8 Å². The van der Waals surface area contributed by atoms with Gasteiger partial charge in [-0.15, -0.1) is 0 Å². The van der Waals surface area contributed by atoms with Crippen LogP contribution in [0, 0.1) is 5.82 Å². The molecule has 0 saturated carbocycles. The molecule has 0 fully saturated rings. The highest BCUT2D eigenvalue weighted by molar-refractivity contribution is 7.92. The number of likely N-dealkylation sites (N-methyl/N-ethyl adjacent to an activating group) is 1. The second-order valence-electron chi connectivity index (χ2n) is 9.89. The van der Waals surface area contributed by atoms with Crippen LogP contribution in [0.1, 0.15) is 21.7 Å². The summed E-state index contributed by atoms with van der Waals surface area (Å²) >= 11 is 0. The predicted octanol–water partition coefficient (Wildman–Crippen LogP) is 5.83. The monoisotopic (exact) mass is 571 g/mol. The number of para-hydroxylation sites is 1. The molecule has 0 bridgehead atoms. The number of benzene rings is 4. The Morgan fingerprint density at radius 3 is 2.15 bits per heavy atom. The fourth-order valence-electron chi connectivity index (χ4n) is 4.94. The van der Waals surface area contributed by atoms with Gasteiger partial charge >= 0.3 is 0 Å². The lowest BCUT2D eigenvalue weighted by Gasteiger charge is -2.28. The van der Waals surface area contributed by atoms with Crippen LogP contribution in [0.15, 0.2) is 101 Å². The number of primary amides is 1. The number of anilines is 2. The number of hydrogen-bond acceptors (Lipinski definition) is 5. The summed E-state index contributed by atoms with van der Waals surface area (Å²) in [5.41, 5.74) is 9.86. The molecular formula is C32H30FN3O4S. The van der Waals surface area contributed by atoms with Crippen LogP contribution in [0.2, 0.25) is 0 Å². The number of carbonyl (C=O) groups is 1. The van der Waals surface area contributed by atoms with E-state index in [1.54, 1.807) is 24.3 Å². The molecule has 5 aromatic rings. The second-order valence-corrected chi connectivity index (χ2v) is 11.8. The van der Waals surface area contributed by atoms with Gasteiger partial charge in [0.2, 0.25) is 10.0 Å². The van der Waals surface area contributed by atoms with E-state index in [1.807, 2.05) is 72.6 Å². The van der Waals surface area contributed by atoms with E-state index in [9.17, 15) is 17.6 Å². The predicted molar refractivity (Wildman–Crippen MR) is 161 cm³/mol. The van der Waals surface area contributed by atoms with E-state index in [-0.39, 0.29) is 24.3 Å². The van der Waals surface area contributed by atoms with Crippen LogP contribution in [-0.4, -0.2) is 40.7 Å². The summed E-state index contributed by atoms with van der Waals surface area (Å²) in [6.07, 6.45) is 1.38. The molecule has 2 N–H and O–H groups in total. The fourth-order valence-corrected chi connectivity index (χ4v) is 5.86. The third-order valence-corrected chi connectivity index (χ3v) is 8.17. The summed E-state index contributed by atoms with van der Waals surface area (Å²) in [4.78, 5) is 14.7. The van der Waals surface area contributed by atoms with Crippen molar-refractivity contribution in [2.75, 3.05) is 35.6 Å². The number of nitrogens with two attached hydrogens (primary N) is 1. The first kappa shape index (κ1) is 27.9. The van der Waals surface area contributed by atoms with E-state index < -0.39 is 15.9 Å². The van der Waals surface area contributed by atoms with Crippen molar-refractivity contribution in [2.45, 2.75) is 6.42 Å². The third kappa shape index (κ3) is 6.10. The number of fused-ring (bicyclic) bond motifs is 1. The molecule has 41 heavy (non-hydrogen) atoms. The minimum Gasteiger partial charge on any atom is -0.460 e. The molecule has 0 aliphatic rings. The largest absolute Gasteiger partial charge is 0.460 e.